The molecule has 1 heterocycles. The largest absolute Gasteiger partial charge is 0.444 e. The molecule has 1 amide bonds. The first-order valence-electron chi connectivity index (χ1n) is 7.35. The van der Waals surface area contributed by atoms with Gasteiger partial charge >= 0.3 is 6.09 Å². The lowest BCUT2D eigenvalue weighted by Crippen LogP contribution is -2.50. The van der Waals surface area contributed by atoms with Gasteiger partial charge in [0.1, 0.15) is 9.92 Å². The Morgan fingerprint density at radius 1 is 1.09 bits per heavy atom. The van der Waals surface area contributed by atoms with E-state index in [9.17, 15) is 4.79 Å². The Hall–Kier alpha value is -1.27. The van der Waals surface area contributed by atoms with E-state index in [1.165, 1.54) is 0 Å². The van der Waals surface area contributed by atoms with Crippen molar-refractivity contribution >= 4 is 34.4 Å². The molecule has 0 saturated carbocycles. The zero-order chi connectivity index (χ0) is 16.2. The van der Waals surface area contributed by atoms with Gasteiger partial charge in [0, 0.05) is 31.1 Å². The van der Waals surface area contributed by atoms with Crippen molar-refractivity contribution in [2.45, 2.75) is 31.3 Å². The van der Waals surface area contributed by atoms with Crippen LogP contribution in [0.4, 0.5) is 4.79 Å². The van der Waals surface area contributed by atoms with Crippen LogP contribution in [0.2, 0.25) is 0 Å². The highest BCUT2D eigenvalue weighted by Gasteiger charge is 2.26. The van der Waals surface area contributed by atoms with E-state index in [-0.39, 0.29) is 6.09 Å². The highest BCUT2D eigenvalue weighted by molar-refractivity contribution is 8.22. The normalized spacial score (nSPS) is 15.6. The van der Waals surface area contributed by atoms with Crippen LogP contribution in [-0.4, -0.2) is 52.0 Å². The smallest absolute Gasteiger partial charge is 0.410 e. The number of thioether (sulfide) groups is 1. The maximum atomic E-state index is 12.0. The molecule has 1 aliphatic heterocycles. The molecule has 6 heteroatoms. The number of nitrogens with zero attached hydrogens (tertiary/aromatic N) is 2. The summed E-state index contributed by atoms with van der Waals surface area (Å²) in [5.74, 6) is 0. The Bertz CT molecular complexity index is 521. The molecule has 0 radical (unpaired) electrons. The number of thiocarbonyl (C=S) groups is 1. The first kappa shape index (κ1) is 17.1. The number of carbonyl (C=O) groups excluding carboxylic acids is 1. The van der Waals surface area contributed by atoms with Crippen LogP contribution < -0.4 is 0 Å². The summed E-state index contributed by atoms with van der Waals surface area (Å²) in [4.78, 5) is 17.1. The molecule has 0 atom stereocenters. The van der Waals surface area contributed by atoms with Gasteiger partial charge in [-0.2, -0.15) is 0 Å². The second-order valence-corrected chi connectivity index (χ2v) is 7.84. The van der Waals surface area contributed by atoms with Crippen molar-refractivity contribution in [2.75, 3.05) is 26.2 Å². The number of hydrogen-bond acceptors (Lipinski definition) is 4. The summed E-state index contributed by atoms with van der Waals surface area (Å²) < 4.78 is 6.26. The molecule has 120 valence electrons. The number of hydrogen-bond donors (Lipinski definition) is 0. The summed E-state index contributed by atoms with van der Waals surface area (Å²) in [7, 11) is 0. The molecular weight excluding hydrogens is 316 g/mol. The van der Waals surface area contributed by atoms with Crippen molar-refractivity contribution in [2.24, 2.45) is 0 Å². The van der Waals surface area contributed by atoms with Gasteiger partial charge in [0.2, 0.25) is 0 Å². The molecule has 0 spiro atoms. The number of carbonyl (C=O) groups is 1. The predicted octanol–water partition coefficient (Wildman–Crippen LogP) is 3.62. The van der Waals surface area contributed by atoms with Gasteiger partial charge < -0.3 is 14.5 Å². The Morgan fingerprint density at radius 2 is 1.64 bits per heavy atom. The third-order valence-corrected chi connectivity index (χ3v) is 4.59. The minimum atomic E-state index is -0.452. The van der Waals surface area contributed by atoms with Gasteiger partial charge in [0.15, 0.2) is 0 Å². The van der Waals surface area contributed by atoms with Crippen LogP contribution in [0.15, 0.2) is 35.2 Å². The van der Waals surface area contributed by atoms with Gasteiger partial charge in [-0.3, -0.25) is 0 Å². The van der Waals surface area contributed by atoms with Crippen LogP contribution in [0.25, 0.3) is 0 Å². The van der Waals surface area contributed by atoms with Crippen LogP contribution in [-0.2, 0) is 4.74 Å². The molecule has 22 heavy (non-hydrogen) atoms. The Kier molecular flexibility index (Phi) is 5.69. The summed E-state index contributed by atoms with van der Waals surface area (Å²) in [6, 6.07) is 10.1. The van der Waals surface area contributed by atoms with Crippen LogP contribution in [0.1, 0.15) is 20.8 Å². The van der Waals surface area contributed by atoms with Crippen molar-refractivity contribution in [1.82, 2.24) is 9.80 Å². The minimum absolute atomic E-state index is 0.242. The molecule has 0 aromatic heterocycles. The molecule has 0 unspecified atom stereocenters. The molecule has 1 aromatic carbocycles. The number of ether oxygens (including phenoxy) is 1. The van der Waals surface area contributed by atoms with Gasteiger partial charge in [0.25, 0.3) is 0 Å². The summed E-state index contributed by atoms with van der Waals surface area (Å²) >= 11 is 7.09. The predicted molar refractivity (Wildman–Crippen MR) is 94.3 cm³/mol. The molecule has 1 saturated heterocycles. The molecule has 2 rings (SSSR count). The first-order valence-corrected chi connectivity index (χ1v) is 8.57. The molecule has 0 N–H and O–H groups in total. The first-order chi connectivity index (χ1) is 10.3. The second-order valence-electron chi connectivity index (χ2n) is 6.14. The van der Waals surface area contributed by atoms with Crippen molar-refractivity contribution in [3.63, 3.8) is 0 Å². The van der Waals surface area contributed by atoms with Crippen LogP contribution in [0.3, 0.4) is 0 Å². The standard InChI is InChI=1S/C16H22N2O2S2/c1-16(2,3)20-14(19)17-9-11-18(12-10-17)15(21)22-13-7-5-4-6-8-13/h4-8H,9-12H2,1-3H3. The lowest BCUT2D eigenvalue weighted by molar-refractivity contribution is 0.0189. The fourth-order valence-electron chi connectivity index (χ4n) is 2.05. The zero-order valence-electron chi connectivity index (χ0n) is 13.2. The van der Waals surface area contributed by atoms with Crippen molar-refractivity contribution in [3.05, 3.63) is 30.3 Å². The summed E-state index contributed by atoms with van der Waals surface area (Å²) in [5, 5.41) is 0. The number of benzene rings is 1. The van der Waals surface area contributed by atoms with Crippen molar-refractivity contribution < 1.29 is 9.53 Å². The lowest BCUT2D eigenvalue weighted by atomic mass is 10.2. The molecule has 0 aliphatic carbocycles. The number of amides is 1. The van der Waals surface area contributed by atoms with E-state index in [0.717, 1.165) is 22.3 Å². The van der Waals surface area contributed by atoms with Crippen LogP contribution in [0, 0.1) is 0 Å². The Labute approximate surface area is 141 Å². The Balaban J connectivity index is 1.82. The van der Waals surface area contributed by atoms with Gasteiger partial charge in [-0.05, 0) is 32.9 Å². The molecule has 1 aromatic rings. The van der Waals surface area contributed by atoms with E-state index in [4.69, 9.17) is 17.0 Å². The third-order valence-electron chi connectivity index (χ3n) is 3.14. The fourth-order valence-corrected chi connectivity index (χ4v) is 3.33. The maximum Gasteiger partial charge on any atom is 0.410 e. The molecule has 1 aliphatic rings. The average Bonchev–Trinajstić information content (AvgIpc) is 2.46. The Morgan fingerprint density at radius 3 is 2.18 bits per heavy atom. The monoisotopic (exact) mass is 338 g/mol. The molecular formula is C16H22N2O2S2. The molecule has 0 bridgehead atoms. The summed E-state index contributed by atoms with van der Waals surface area (Å²) in [5.41, 5.74) is -0.452. The van der Waals surface area contributed by atoms with E-state index < -0.39 is 5.60 Å². The number of piperazine rings is 1. The van der Waals surface area contributed by atoms with E-state index in [0.29, 0.717) is 13.1 Å². The van der Waals surface area contributed by atoms with Gasteiger partial charge in [-0.15, -0.1) is 0 Å². The van der Waals surface area contributed by atoms with E-state index in [1.54, 1.807) is 16.7 Å². The lowest BCUT2D eigenvalue weighted by Gasteiger charge is -2.36. The highest BCUT2D eigenvalue weighted by atomic mass is 32.2. The highest BCUT2D eigenvalue weighted by Crippen LogP contribution is 2.22. The summed E-state index contributed by atoms with van der Waals surface area (Å²) in [6.07, 6.45) is -0.242. The quantitative estimate of drug-likeness (QED) is 0.577. The maximum absolute atomic E-state index is 12.0. The SMILES string of the molecule is CC(C)(C)OC(=O)N1CCN(C(=S)Sc2ccccc2)CC1. The van der Waals surface area contributed by atoms with E-state index in [2.05, 4.69) is 4.90 Å². The van der Waals surface area contributed by atoms with Gasteiger partial charge in [0.05, 0.1) is 0 Å². The number of rotatable bonds is 1. The van der Waals surface area contributed by atoms with Crippen molar-refractivity contribution in [3.8, 4) is 0 Å². The van der Waals surface area contributed by atoms with Gasteiger partial charge in [-0.1, -0.05) is 42.2 Å². The van der Waals surface area contributed by atoms with Crippen LogP contribution >= 0.6 is 24.0 Å². The van der Waals surface area contributed by atoms with E-state index >= 15 is 0 Å². The van der Waals surface area contributed by atoms with E-state index in [1.807, 2.05) is 51.1 Å². The molecule has 1 fully saturated rings. The average molecular weight is 338 g/mol. The fraction of sp³-hybridized carbons (Fsp3) is 0.500. The molecule has 4 nitrogen and oxygen atoms in total. The van der Waals surface area contributed by atoms with Crippen LogP contribution in [0.5, 0.6) is 0 Å². The van der Waals surface area contributed by atoms with Gasteiger partial charge in [-0.25, -0.2) is 4.79 Å². The minimum Gasteiger partial charge on any atom is -0.444 e. The zero-order valence-corrected chi connectivity index (χ0v) is 14.9. The third kappa shape index (κ3) is 5.18. The second kappa shape index (κ2) is 7.33. The summed E-state index contributed by atoms with van der Waals surface area (Å²) in [6.45, 7) is 8.43. The topological polar surface area (TPSA) is 32.8 Å². The van der Waals surface area contributed by atoms with Crippen molar-refractivity contribution in [1.29, 1.82) is 0 Å².